The molecule has 12 aromatic carbocycles. The Labute approximate surface area is 378 Å². The maximum absolute atomic E-state index is 5.39. The minimum atomic E-state index is 0.698. The van der Waals surface area contributed by atoms with Crippen molar-refractivity contribution in [3.8, 4) is 56.2 Å². The number of thiophene rings is 1. The van der Waals surface area contributed by atoms with Gasteiger partial charge in [0, 0.05) is 36.9 Å². The first kappa shape index (κ1) is 36.3. The summed E-state index contributed by atoms with van der Waals surface area (Å²) in [6.45, 7) is 0. The van der Waals surface area contributed by atoms with Crippen molar-refractivity contribution >= 4 is 96.1 Å². The summed E-state index contributed by atoms with van der Waals surface area (Å²) in [7, 11) is 0. The highest BCUT2D eigenvalue weighted by Gasteiger charge is 2.20. The molecule has 2 aromatic heterocycles. The molecule has 0 saturated heterocycles. The Balaban J connectivity index is 1.01. The molecule has 0 spiro atoms. The van der Waals surface area contributed by atoms with E-state index >= 15 is 0 Å². The Morgan fingerprint density at radius 2 is 0.800 bits per heavy atom. The quantitative estimate of drug-likeness (QED) is 0.161. The third-order valence-electron chi connectivity index (χ3n) is 13.6. The van der Waals surface area contributed by atoms with Gasteiger partial charge in [0.25, 0.3) is 0 Å². The van der Waals surface area contributed by atoms with E-state index in [-0.39, 0.29) is 0 Å². The maximum Gasteiger partial charge on any atom is 0.160 e. The summed E-state index contributed by atoms with van der Waals surface area (Å²) in [6.07, 6.45) is 0. The van der Waals surface area contributed by atoms with Gasteiger partial charge < -0.3 is 0 Å². The molecule has 14 aromatic rings. The predicted molar refractivity (Wildman–Crippen MR) is 278 cm³/mol. The highest BCUT2D eigenvalue weighted by atomic mass is 32.1. The molecule has 0 unspecified atom stereocenters. The zero-order valence-corrected chi connectivity index (χ0v) is 35.9. The number of benzene rings is 11. The van der Waals surface area contributed by atoms with Crippen molar-refractivity contribution in [2.24, 2.45) is 0 Å². The zero-order valence-electron chi connectivity index (χ0n) is 35.1. The van der Waals surface area contributed by atoms with Crippen molar-refractivity contribution in [3.05, 3.63) is 218 Å². The molecule has 0 aliphatic heterocycles. The molecule has 2 nitrogen and oxygen atoms in total. The topological polar surface area (TPSA) is 25.8 Å². The molecule has 0 amide bonds. The van der Waals surface area contributed by atoms with Crippen LogP contribution >= 0.6 is 11.3 Å². The molecule has 65 heavy (non-hydrogen) atoms. The van der Waals surface area contributed by atoms with E-state index in [1.807, 2.05) is 17.4 Å². The van der Waals surface area contributed by atoms with E-state index in [9.17, 15) is 0 Å². The Hall–Kier alpha value is -8.24. The molecule has 0 fully saturated rings. The molecule has 14 rings (SSSR count). The minimum Gasteiger partial charge on any atom is -0.228 e. The van der Waals surface area contributed by atoms with Gasteiger partial charge in [0.15, 0.2) is 5.82 Å². The molecule has 0 saturated carbocycles. The van der Waals surface area contributed by atoms with Gasteiger partial charge in [0.1, 0.15) is 0 Å². The van der Waals surface area contributed by atoms with Crippen LogP contribution in [0.1, 0.15) is 0 Å². The molecule has 0 radical (unpaired) electrons. The molecule has 0 aliphatic rings. The van der Waals surface area contributed by atoms with Gasteiger partial charge >= 0.3 is 0 Å². The number of hydrogen-bond acceptors (Lipinski definition) is 3. The third kappa shape index (κ3) is 5.59. The van der Waals surface area contributed by atoms with Crippen LogP contribution in [0.4, 0.5) is 0 Å². The van der Waals surface area contributed by atoms with E-state index in [0.717, 1.165) is 39.2 Å². The molecule has 2 heterocycles. The number of hydrogen-bond donors (Lipinski definition) is 0. The lowest BCUT2D eigenvalue weighted by Gasteiger charge is -2.18. The van der Waals surface area contributed by atoms with Crippen LogP contribution in [0, 0.1) is 0 Å². The molecule has 0 N–H and O–H groups in total. The van der Waals surface area contributed by atoms with Crippen molar-refractivity contribution in [2.75, 3.05) is 0 Å². The van der Waals surface area contributed by atoms with Crippen LogP contribution in [-0.4, -0.2) is 9.97 Å². The van der Waals surface area contributed by atoms with Crippen molar-refractivity contribution in [2.45, 2.75) is 0 Å². The van der Waals surface area contributed by atoms with Crippen molar-refractivity contribution in [1.29, 1.82) is 0 Å². The average Bonchev–Trinajstić information content (AvgIpc) is 3.76. The summed E-state index contributed by atoms with van der Waals surface area (Å²) in [6, 6.07) is 79.9. The lowest BCUT2D eigenvalue weighted by molar-refractivity contribution is 1.18. The summed E-state index contributed by atoms with van der Waals surface area (Å²) in [5.74, 6) is 0.698. The SMILES string of the molecule is c1ccc(-c2nc(-c3cccc(-c4cccc5c4sc4ccccc45)c3)cc(-c3ccccc3-c3cc4ccc5cccc6c7cccc8ccc9cccc(c(c3)c4c56)c9c87)n2)cc1. The Morgan fingerprint density at radius 3 is 1.55 bits per heavy atom. The second-order valence-corrected chi connectivity index (χ2v) is 18.3. The van der Waals surface area contributed by atoms with E-state index in [1.165, 1.54) is 95.9 Å². The fourth-order valence-corrected chi connectivity index (χ4v) is 11.9. The van der Waals surface area contributed by atoms with Crippen LogP contribution in [0.5, 0.6) is 0 Å². The number of aromatic nitrogens is 2. The summed E-state index contributed by atoms with van der Waals surface area (Å²) >= 11 is 1.86. The second-order valence-electron chi connectivity index (χ2n) is 17.2. The Morgan fingerprint density at radius 1 is 0.277 bits per heavy atom. The Kier molecular flexibility index (Phi) is 7.89. The average molecular weight is 841 g/mol. The molecule has 3 heteroatoms. The zero-order chi connectivity index (χ0) is 42.6. The largest absolute Gasteiger partial charge is 0.228 e. The molecule has 0 atom stereocenters. The van der Waals surface area contributed by atoms with Gasteiger partial charge in [-0.25, -0.2) is 9.97 Å². The summed E-state index contributed by atoms with van der Waals surface area (Å²) in [5.41, 5.74) is 9.53. The van der Waals surface area contributed by atoms with E-state index in [0.29, 0.717) is 5.82 Å². The Bertz CT molecular complexity index is 4230. The van der Waals surface area contributed by atoms with Crippen LogP contribution < -0.4 is 0 Å². The minimum absolute atomic E-state index is 0.698. The summed E-state index contributed by atoms with van der Waals surface area (Å²) in [4.78, 5) is 10.7. The van der Waals surface area contributed by atoms with Gasteiger partial charge in [-0.3, -0.25) is 0 Å². The number of rotatable bonds is 5. The molecule has 0 aliphatic carbocycles. The predicted octanol–water partition coefficient (Wildman–Crippen LogP) is 17.5. The molecular formula is C62H36N2S. The van der Waals surface area contributed by atoms with Crippen LogP contribution in [0.2, 0.25) is 0 Å². The van der Waals surface area contributed by atoms with Gasteiger partial charge in [-0.15, -0.1) is 11.3 Å². The van der Waals surface area contributed by atoms with E-state index in [1.54, 1.807) is 0 Å². The fraction of sp³-hybridized carbons (Fsp3) is 0. The van der Waals surface area contributed by atoms with Crippen LogP contribution in [0.3, 0.4) is 0 Å². The smallest absolute Gasteiger partial charge is 0.160 e. The summed E-state index contributed by atoms with van der Waals surface area (Å²) < 4.78 is 2.60. The van der Waals surface area contributed by atoms with Gasteiger partial charge in [-0.1, -0.05) is 188 Å². The highest BCUT2D eigenvalue weighted by molar-refractivity contribution is 7.26. The van der Waals surface area contributed by atoms with Gasteiger partial charge in [0.05, 0.1) is 11.4 Å². The summed E-state index contributed by atoms with van der Waals surface area (Å²) in [5, 5.41) is 17.9. The van der Waals surface area contributed by atoms with E-state index in [2.05, 4.69) is 212 Å². The highest BCUT2D eigenvalue weighted by Crippen LogP contribution is 2.46. The first-order valence-electron chi connectivity index (χ1n) is 22.2. The van der Waals surface area contributed by atoms with Crippen LogP contribution in [-0.2, 0) is 0 Å². The van der Waals surface area contributed by atoms with Crippen LogP contribution in [0.15, 0.2) is 218 Å². The van der Waals surface area contributed by atoms with Gasteiger partial charge in [-0.2, -0.15) is 0 Å². The molecular weight excluding hydrogens is 805 g/mol. The normalized spacial score (nSPS) is 12.0. The lowest BCUT2D eigenvalue weighted by atomic mass is 9.86. The fourth-order valence-electron chi connectivity index (χ4n) is 10.7. The third-order valence-corrected chi connectivity index (χ3v) is 14.8. The van der Waals surface area contributed by atoms with Crippen LogP contribution in [0.25, 0.3) is 141 Å². The van der Waals surface area contributed by atoms with Gasteiger partial charge in [-0.05, 0) is 117 Å². The monoisotopic (exact) mass is 840 g/mol. The van der Waals surface area contributed by atoms with Crippen molar-refractivity contribution < 1.29 is 0 Å². The molecule has 300 valence electrons. The standard InChI is InChI=1S/C62H36N2S/c1-2-13-40(14-3-1)62-63-54(42-19-8-18-41(33-42)46-23-12-27-52-48-22-6-7-28-56(48)65-61(46)52)36-55(64-62)47-21-5-4-20-45(47)44-34-43-32-31-39-16-10-25-50-49-24-9-15-37-29-30-38-17-11-26-51(59(38)57(37)49)53(35-44)60(43)58(39)50/h1-36H. The second kappa shape index (κ2) is 14.1. The number of fused-ring (bicyclic) bond motifs is 5. The van der Waals surface area contributed by atoms with Gasteiger partial charge in [0.2, 0.25) is 0 Å². The first-order valence-corrected chi connectivity index (χ1v) is 23.0. The number of nitrogens with zero attached hydrogens (tertiary/aromatic N) is 2. The van der Waals surface area contributed by atoms with E-state index < -0.39 is 0 Å². The lowest BCUT2D eigenvalue weighted by Crippen LogP contribution is -1.97. The van der Waals surface area contributed by atoms with Crippen molar-refractivity contribution in [1.82, 2.24) is 9.97 Å². The maximum atomic E-state index is 5.39. The van der Waals surface area contributed by atoms with Crippen molar-refractivity contribution in [3.63, 3.8) is 0 Å². The first-order chi connectivity index (χ1) is 32.2. The van der Waals surface area contributed by atoms with E-state index in [4.69, 9.17) is 9.97 Å². The molecule has 0 bridgehead atoms.